The van der Waals surface area contributed by atoms with Gasteiger partial charge in [0.1, 0.15) is 12.6 Å². The van der Waals surface area contributed by atoms with Crippen LogP contribution in [-0.2, 0) is 37.5 Å². The van der Waals surface area contributed by atoms with Crippen molar-refractivity contribution in [3.63, 3.8) is 0 Å². The molecule has 288 valence electrons. The molecule has 0 aliphatic heterocycles. The number of carboxylic acid groups (broad SMARTS) is 1. The number of rotatable bonds is 36. The molecule has 0 fully saturated rings. The van der Waals surface area contributed by atoms with Gasteiger partial charge in [0, 0.05) is 12.8 Å². The van der Waals surface area contributed by atoms with Crippen molar-refractivity contribution in [2.24, 2.45) is 5.73 Å². The van der Waals surface area contributed by atoms with Gasteiger partial charge in [-0.15, -0.1) is 0 Å². The number of phosphoric ester groups is 1. The number of unbranched alkanes of at least 4 members (excludes halogenated alkanes) is 20. The Balaban J connectivity index is 4.43. The molecule has 4 N–H and O–H groups in total. The predicted molar refractivity (Wildman–Crippen MR) is 194 cm³/mol. The number of allylic oxidation sites excluding steroid dienone is 2. The number of carboxylic acids is 1. The molecular formula is C37H70NO10P. The number of phosphoric acid groups is 1. The highest BCUT2D eigenvalue weighted by Gasteiger charge is 2.28. The summed E-state index contributed by atoms with van der Waals surface area (Å²) < 4.78 is 32.5. The summed E-state index contributed by atoms with van der Waals surface area (Å²) in [5, 5.41) is 8.85. The fraction of sp³-hybridized carbons (Fsp3) is 0.865. The van der Waals surface area contributed by atoms with Crippen molar-refractivity contribution in [2.75, 3.05) is 19.8 Å². The second-order valence-corrected chi connectivity index (χ2v) is 14.5. The van der Waals surface area contributed by atoms with Crippen LogP contribution in [0.5, 0.6) is 0 Å². The summed E-state index contributed by atoms with van der Waals surface area (Å²) in [6.45, 7) is 2.75. The molecule has 0 amide bonds. The number of ether oxygens (including phenoxy) is 2. The first kappa shape index (κ1) is 47.2. The van der Waals surface area contributed by atoms with Crippen LogP contribution in [0.3, 0.4) is 0 Å². The maximum absolute atomic E-state index is 12.5. The molecular weight excluding hydrogens is 649 g/mol. The number of aliphatic carboxylic acids is 1. The van der Waals surface area contributed by atoms with Crippen LogP contribution in [0.15, 0.2) is 12.2 Å². The highest BCUT2D eigenvalue weighted by molar-refractivity contribution is 7.47. The summed E-state index contributed by atoms with van der Waals surface area (Å²) in [6.07, 6.45) is 29.9. The first-order chi connectivity index (χ1) is 23.6. The van der Waals surface area contributed by atoms with E-state index in [0.717, 1.165) is 57.8 Å². The number of carbonyl (C=O) groups excluding carboxylic acids is 2. The Kier molecular flexibility index (Phi) is 32.2. The molecule has 0 saturated heterocycles. The van der Waals surface area contributed by atoms with Crippen molar-refractivity contribution in [3.8, 4) is 0 Å². The van der Waals surface area contributed by atoms with E-state index in [1.54, 1.807) is 0 Å². The van der Waals surface area contributed by atoms with Crippen molar-refractivity contribution in [2.45, 2.75) is 187 Å². The average Bonchev–Trinajstić information content (AvgIpc) is 3.07. The Morgan fingerprint density at radius 3 is 1.53 bits per heavy atom. The maximum atomic E-state index is 12.5. The first-order valence-electron chi connectivity index (χ1n) is 19.2. The molecule has 11 nitrogen and oxygen atoms in total. The van der Waals surface area contributed by atoms with Crippen LogP contribution >= 0.6 is 7.82 Å². The number of hydrogen-bond acceptors (Lipinski definition) is 9. The van der Waals surface area contributed by atoms with Gasteiger partial charge in [0.15, 0.2) is 6.10 Å². The summed E-state index contributed by atoms with van der Waals surface area (Å²) in [5.41, 5.74) is 5.31. The van der Waals surface area contributed by atoms with Crippen LogP contribution in [0.2, 0.25) is 0 Å². The predicted octanol–water partition coefficient (Wildman–Crippen LogP) is 9.34. The van der Waals surface area contributed by atoms with Crippen LogP contribution in [0.4, 0.5) is 0 Å². The van der Waals surface area contributed by atoms with Crippen molar-refractivity contribution in [1.82, 2.24) is 0 Å². The van der Waals surface area contributed by atoms with E-state index >= 15 is 0 Å². The van der Waals surface area contributed by atoms with Gasteiger partial charge in [-0.3, -0.25) is 23.4 Å². The topological polar surface area (TPSA) is 172 Å². The minimum atomic E-state index is -4.70. The molecule has 0 aliphatic rings. The second kappa shape index (κ2) is 33.4. The Hall–Kier alpha value is -1.78. The van der Waals surface area contributed by atoms with Gasteiger partial charge in [-0.1, -0.05) is 135 Å². The summed E-state index contributed by atoms with van der Waals surface area (Å²) in [5.74, 6) is -2.38. The number of nitrogens with two attached hydrogens (primary N) is 1. The lowest BCUT2D eigenvalue weighted by molar-refractivity contribution is -0.161. The number of esters is 2. The maximum Gasteiger partial charge on any atom is 0.472 e. The quantitative estimate of drug-likeness (QED) is 0.0244. The molecule has 0 heterocycles. The van der Waals surface area contributed by atoms with Gasteiger partial charge in [0.05, 0.1) is 13.2 Å². The van der Waals surface area contributed by atoms with Crippen molar-refractivity contribution in [3.05, 3.63) is 12.2 Å². The lowest BCUT2D eigenvalue weighted by atomic mass is 10.0. The third-order valence-electron chi connectivity index (χ3n) is 8.26. The summed E-state index contributed by atoms with van der Waals surface area (Å²) >= 11 is 0. The van der Waals surface area contributed by atoms with Gasteiger partial charge in [-0.25, -0.2) is 4.57 Å². The van der Waals surface area contributed by atoms with Crippen molar-refractivity contribution < 1.29 is 47.5 Å². The summed E-state index contributed by atoms with van der Waals surface area (Å²) in [6, 6.07) is -1.52. The van der Waals surface area contributed by atoms with Gasteiger partial charge in [-0.2, -0.15) is 0 Å². The minimum Gasteiger partial charge on any atom is -0.480 e. The van der Waals surface area contributed by atoms with Gasteiger partial charge < -0.3 is 25.2 Å². The molecule has 0 bridgehead atoms. The summed E-state index contributed by atoms with van der Waals surface area (Å²) in [4.78, 5) is 45.7. The van der Waals surface area contributed by atoms with Crippen LogP contribution in [0.1, 0.15) is 174 Å². The van der Waals surface area contributed by atoms with E-state index in [-0.39, 0.29) is 19.4 Å². The zero-order chi connectivity index (χ0) is 36.4. The molecule has 1 unspecified atom stereocenters. The van der Waals surface area contributed by atoms with E-state index in [9.17, 15) is 23.8 Å². The second-order valence-electron chi connectivity index (χ2n) is 13.1. The average molecular weight is 720 g/mol. The fourth-order valence-electron chi connectivity index (χ4n) is 5.18. The third kappa shape index (κ3) is 33.1. The van der Waals surface area contributed by atoms with Crippen LogP contribution in [-0.4, -0.2) is 59.9 Å². The van der Waals surface area contributed by atoms with E-state index in [1.165, 1.54) is 77.0 Å². The van der Waals surface area contributed by atoms with E-state index < -0.39 is 51.1 Å². The highest BCUT2D eigenvalue weighted by atomic mass is 31.2. The standard InChI is InChI=1S/C37H70NO10P/c1-3-5-7-9-11-13-15-17-19-20-22-24-26-28-35(39)45-30-33(31-46-49(43,44)47-32-34(38)37(41)42)48-36(40)29-27-25-23-21-18-16-14-12-10-8-6-4-2/h12,14,33-34H,3-11,13,15-32,38H2,1-2H3,(H,41,42)(H,43,44)/b14-12-/t33-,34+/m1/s1. The Bertz CT molecular complexity index is 900. The Morgan fingerprint density at radius 2 is 1.02 bits per heavy atom. The molecule has 49 heavy (non-hydrogen) atoms. The zero-order valence-corrected chi connectivity index (χ0v) is 31.7. The third-order valence-corrected chi connectivity index (χ3v) is 9.21. The SMILES string of the molecule is CCCCC/C=C\CCCCCCCC(=O)O[C@H](COC(=O)CCCCCCCCCCCCCCC)COP(=O)(O)OC[C@H](N)C(=O)O. The molecule has 0 saturated carbocycles. The molecule has 3 atom stereocenters. The van der Waals surface area contributed by atoms with Crippen LogP contribution < -0.4 is 5.73 Å². The molecule has 0 aliphatic carbocycles. The van der Waals surface area contributed by atoms with Crippen molar-refractivity contribution >= 4 is 25.7 Å². The number of hydrogen-bond donors (Lipinski definition) is 3. The molecule has 0 spiro atoms. The Labute approximate surface area is 297 Å². The van der Waals surface area contributed by atoms with Gasteiger partial charge in [-0.05, 0) is 38.5 Å². The van der Waals surface area contributed by atoms with Gasteiger partial charge >= 0.3 is 25.7 Å². The van der Waals surface area contributed by atoms with Crippen LogP contribution in [0.25, 0.3) is 0 Å². The molecule has 12 heteroatoms. The lowest BCUT2D eigenvalue weighted by Crippen LogP contribution is -2.34. The zero-order valence-electron chi connectivity index (χ0n) is 30.8. The number of carbonyl (C=O) groups is 3. The normalized spacial score (nSPS) is 14.0. The first-order valence-corrected chi connectivity index (χ1v) is 20.7. The fourth-order valence-corrected chi connectivity index (χ4v) is 5.95. The van der Waals surface area contributed by atoms with E-state index in [1.807, 2.05) is 0 Å². The smallest absolute Gasteiger partial charge is 0.472 e. The van der Waals surface area contributed by atoms with E-state index in [4.69, 9.17) is 24.8 Å². The minimum absolute atomic E-state index is 0.154. The Morgan fingerprint density at radius 1 is 0.612 bits per heavy atom. The van der Waals surface area contributed by atoms with Crippen LogP contribution in [0, 0.1) is 0 Å². The highest BCUT2D eigenvalue weighted by Crippen LogP contribution is 2.43. The molecule has 0 rings (SSSR count). The molecule has 0 aromatic carbocycles. The summed E-state index contributed by atoms with van der Waals surface area (Å²) in [7, 11) is -4.70. The lowest BCUT2D eigenvalue weighted by Gasteiger charge is -2.20. The molecule has 0 aromatic rings. The monoisotopic (exact) mass is 719 g/mol. The molecule has 0 radical (unpaired) electrons. The van der Waals surface area contributed by atoms with Crippen molar-refractivity contribution in [1.29, 1.82) is 0 Å². The van der Waals surface area contributed by atoms with Gasteiger partial charge in [0.2, 0.25) is 0 Å². The van der Waals surface area contributed by atoms with E-state index in [0.29, 0.717) is 12.8 Å². The largest absolute Gasteiger partial charge is 0.480 e. The molecule has 0 aromatic heterocycles. The van der Waals surface area contributed by atoms with E-state index in [2.05, 4.69) is 30.5 Å². The van der Waals surface area contributed by atoms with Gasteiger partial charge in [0.25, 0.3) is 0 Å².